The average molecular weight is 298 g/mol. The van der Waals surface area contributed by atoms with Gasteiger partial charge in [0.05, 0.1) is 11.9 Å². The van der Waals surface area contributed by atoms with Gasteiger partial charge in [-0.1, -0.05) is 0 Å². The lowest BCUT2D eigenvalue weighted by Gasteiger charge is -2.31. The number of anilines is 2. The summed E-state index contributed by atoms with van der Waals surface area (Å²) in [4.78, 5) is 30.5. The molecular formula is C15H18N6O. The molecule has 2 aromatic rings. The summed E-state index contributed by atoms with van der Waals surface area (Å²) in [6, 6.07) is 1.76. The van der Waals surface area contributed by atoms with Crippen molar-refractivity contribution in [1.29, 1.82) is 0 Å². The number of hydrogen-bond acceptors (Lipinski definition) is 6. The van der Waals surface area contributed by atoms with E-state index in [-0.39, 0.29) is 11.8 Å². The largest absolute Gasteiger partial charge is 0.342 e. The van der Waals surface area contributed by atoms with Gasteiger partial charge in [-0.25, -0.2) is 15.0 Å². The Kier molecular flexibility index (Phi) is 4.22. The number of piperidine rings is 1. The van der Waals surface area contributed by atoms with Crippen molar-refractivity contribution in [3.05, 3.63) is 36.5 Å². The van der Waals surface area contributed by atoms with Crippen LogP contribution in [0.3, 0.4) is 0 Å². The molecule has 1 atom stereocenters. The predicted molar refractivity (Wildman–Crippen MR) is 81.6 cm³/mol. The van der Waals surface area contributed by atoms with Crippen LogP contribution in [0.4, 0.5) is 11.8 Å². The second kappa shape index (κ2) is 6.46. The molecule has 22 heavy (non-hydrogen) atoms. The zero-order chi connectivity index (χ0) is 15.4. The molecule has 1 fully saturated rings. The van der Waals surface area contributed by atoms with Crippen molar-refractivity contribution in [3.8, 4) is 0 Å². The predicted octanol–water partition coefficient (Wildman–Crippen LogP) is 1.74. The van der Waals surface area contributed by atoms with Gasteiger partial charge in [0.1, 0.15) is 0 Å². The van der Waals surface area contributed by atoms with E-state index < -0.39 is 0 Å². The van der Waals surface area contributed by atoms with E-state index >= 15 is 0 Å². The van der Waals surface area contributed by atoms with Crippen molar-refractivity contribution in [3.63, 3.8) is 0 Å². The second-order valence-electron chi connectivity index (χ2n) is 5.33. The van der Waals surface area contributed by atoms with E-state index in [0.29, 0.717) is 18.3 Å². The second-order valence-corrected chi connectivity index (χ2v) is 5.33. The minimum absolute atomic E-state index is 0.115. The summed E-state index contributed by atoms with van der Waals surface area (Å²) in [7, 11) is 0. The van der Waals surface area contributed by atoms with E-state index in [1.54, 1.807) is 37.8 Å². The molecule has 3 heterocycles. The van der Waals surface area contributed by atoms with E-state index in [0.717, 1.165) is 25.1 Å². The van der Waals surface area contributed by atoms with Crippen LogP contribution in [0.25, 0.3) is 0 Å². The number of amides is 1. The van der Waals surface area contributed by atoms with Crippen molar-refractivity contribution in [2.45, 2.75) is 25.7 Å². The van der Waals surface area contributed by atoms with Gasteiger partial charge in [-0.15, -0.1) is 0 Å². The maximum Gasteiger partial charge on any atom is 0.228 e. The molecule has 0 spiro atoms. The third kappa shape index (κ3) is 3.36. The number of carbonyl (C=O) groups is 1. The molecule has 1 unspecified atom stereocenters. The zero-order valence-electron chi connectivity index (χ0n) is 12.4. The van der Waals surface area contributed by atoms with Crippen molar-refractivity contribution in [1.82, 2.24) is 24.8 Å². The Bertz CT molecular complexity index is 647. The average Bonchev–Trinajstić information content (AvgIpc) is 2.56. The van der Waals surface area contributed by atoms with Gasteiger partial charge < -0.3 is 10.2 Å². The first kappa shape index (κ1) is 14.4. The first-order chi connectivity index (χ1) is 10.7. The zero-order valence-corrected chi connectivity index (χ0v) is 12.4. The Hall–Kier alpha value is -2.57. The summed E-state index contributed by atoms with van der Waals surface area (Å²) in [5, 5.41) is 3.04. The fourth-order valence-electron chi connectivity index (χ4n) is 2.62. The third-order valence-electron chi connectivity index (χ3n) is 3.74. The number of aromatic nitrogens is 4. The Labute approximate surface area is 128 Å². The molecule has 0 saturated carbocycles. The molecule has 1 N–H and O–H groups in total. The number of carbonyl (C=O) groups excluding carboxylic acids is 1. The summed E-state index contributed by atoms with van der Waals surface area (Å²) >= 11 is 0. The summed E-state index contributed by atoms with van der Waals surface area (Å²) in [5.41, 5.74) is 0.895. The summed E-state index contributed by atoms with van der Waals surface area (Å²) in [5.74, 6) is 1.44. The number of rotatable bonds is 3. The van der Waals surface area contributed by atoms with Gasteiger partial charge in [0.15, 0.2) is 5.82 Å². The Morgan fingerprint density at radius 1 is 1.32 bits per heavy atom. The van der Waals surface area contributed by atoms with Crippen molar-refractivity contribution in [2.24, 2.45) is 0 Å². The lowest BCUT2D eigenvalue weighted by Crippen LogP contribution is -2.37. The lowest BCUT2D eigenvalue weighted by molar-refractivity contribution is -0.130. The molecule has 1 saturated heterocycles. The topological polar surface area (TPSA) is 83.9 Å². The van der Waals surface area contributed by atoms with Gasteiger partial charge in [-0.05, 0) is 18.9 Å². The molecule has 0 radical (unpaired) electrons. The van der Waals surface area contributed by atoms with Gasteiger partial charge in [-0.2, -0.15) is 0 Å². The quantitative estimate of drug-likeness (QED) is 0.929. The van der Waals surface area contributed by atoms with Crippen molar-refractivity contribution < 1.29 is 4.79 Å². The van der Waals surface area contributed by atoms with Crippen LogP contribution >= 0.6 is 0 Å². The molecule has 7 nitrogen and oxygen atoms in total. The van der Waals surface area contributed by atoms with E-state index in [2.05, 4.69) is 25.3 Å². The molecule has 2 aromatic heterocycles. The van der Waals surface area contributed by atoms with E-state index in [4.69, 9.17) is 0 Å². The van der Waals surface area contributed by atoms with E-state index in [1.165, 1.54) is 0 Å². The van der Waals surface area contributed by atoms with E-state index in [1.807, 2.05) is 4.90 Å². The van der Waals surface area contributed by atoms with Crippen LogP contribution in [0.15, 0.2) is 30.9 Å². The van der Waals surface area contributed by atoms with Gasteiger partial charge in [-0.3, -0.25) is 9.78 Å². The number of nitrogens with one attached hydrogen (secondary N) is 1. The van der Waals surface area contributed by atoms with Crippen LogP contribution < -0.4 is 5.32 Å². The van der Waals surface area contributed by atoms with Crippen LogP contribution in [0, 0.1) is 0 Å². The minimum Gasteiger partial charge on any atom is -0.342 e. The maximum atomic E-state index is 11.5. The van der Waals surface area contributed by atoms with Crippen LogP contribution in [0.1, 0.15) is 31.4 Å². The summed E-state index contributed by atoms with van der Waals surface area (Å²) in [6.45, 7) is 3.14. The molecule has 1 aliphatic rings. The van der Waals surface area contributed by atoms with Gasteiger partial charge in [0.25, 0.3) is 0 Å². The first-order valence-electron chi connectivity index (χ1n) is 7.34. The lowest BCUT2D eigenvalue weighted by atomic mass is 9.95. The number of nitrogens with zero attached hydrogens (tertiary/aromatic N) is 5. The maximum absolute atomic E-state index is 11.5. The first-order valence-corrected chi connectivity index (χ1v) is 7.34. The van der Waals surface area contributed by atoms with Crippen LogP contribution in [0.2, 0.25) is 0 Å². The Morgan fingerprint density at radius 2 is 2.14 bits per heavy atom. The molecule has 7 heteroatoms. The summed E-state index contributed by atoms with van der Waals surface area (Å²) in [6.07, 6.45) is 8.75. The van der Waals surface area contributed by atoms with Gasteiger partial charge >= 0.3 is 0 Å². The molecule has 1 aliphatic heterocycles. The number of likely N-dealkylation sites (tertiary alicyclic amines) is 1. The summed E-state index contributed by atoms with van der Waals surface area (Å²) < 4.78 is 0. The Balaban J connectivity index is 1.75. The molecule has 114 valence electrons. The monoisotopic (exact) mass is 298 g/mol. The molecule has 3 rings (SSSR count). The SMILES string of the molecule is CC(=O)N1CCCC(c2cncc(Nc3ncccn3)n2)C1. The highest BCUT2D eigenvalue weighted by Crippen LogP contribution is 2.26. The molecule has 0 bridgehead atoms. The standard InChI is InChI=1S/C15H18N6O/c1-11(22)21-7-2-4-12(10-21)13-8-16-9-14(19-13)20-15-17-5-3-6-18-15/h3,5-6,8-9,12H,2,4,7,10H2,1H3,(H,17,18,19,20). The molecular weight excluding hydrogens is 280 g/mol. The van der Waals surface area contributed by atoms with E-state index in [9.17, 15) is 4.79 Å². The highest BCUT2D eigenvalue weighted by atomic mass is 16.2. The smallest absolute Gasteiger partial charge is 0.228 e. The highest BCUT2D eigenvalue weighted by molar-refractivity contribution is 5.73. The van der Waals surface area contributed by atoms with Crippen molar-refractivity contribution in [2.75, 3.05) is 18.4 Å². The molecule has 1 amide bonds. The van der Waals surface area contributed by atoms with Gasteiger partial charge in [0.2, 0.25) is 11.9 Å². The number of hydrogen-bond donors (Lipinski definition) is 1. The molecule has 0 aliphatic carbocycles. The van der Waals surface area contributed by atoms with Crippen LogP contribution in [-0.2, 0) is 4.79 Å². The normalized spacial score (nSPS) is 18.0. The van der Waals surface area contributed by atoms with Gasteiger partial charge in [0, 0.05) is 44.5 Å². The van der Waals surface area contributed by atoms with Crippen molar-refractivity contribution >= 4 is 17.7 Å². The minimum atomic E-state index is 0.115. The fraction of sp³-hybridized carbons (Fsp3) is 0.400. The fourth-order valence-corrected chi connectivity index (χ4v) is 2.62. The highest BCUT2D eigenvalue weighted by Gasteiger charge is 2.24. The van der Waals surface area contributed by atoms with Crippen LogP contribution in [0.5, 0.6) is 0 Å². The molecule has 0 aromatic carbocycles. The third-order valence-corrected chi connectivity index (χ3v) is 3.74. The Morgan fingerprint density at radius 3 is 2.91 bits per heavy atom. The van der Waals surface area contributed by atoms with Crippen LogP contribution in [-0.4, -0.2) is 43.8 Å².